The van der Waals surface area contributed by atoms with Gasteiger partial charge in [-0.25, -0.2) is 19.9 Å². The van der Waals surface area contributed by atoms with Gasteiger partial charge in [0, 0.05) is 36.1 Å². The summed E-state index contributed by atoms with van der Waals surface area (Å²) in [5.74, 6) is 1.97. The van der Waals surface area contributed by atoms with Gasteiger partial charge in [0.2, 0.25) is 0 Å². The Morgan fingerprint density at radius 1 is 1.20 bits per heavy atom. The molecule has 2 N–H and O–H groups in total. The molecule has 1 aliphatic heterocycles. The lowest BCUT2D eigenvalue weighted by Crippen LogP contribution is -2.34. The molecule has 6 rings (SSSR count). The van der Waals surface area contributed by atoms with E-state index in [-0.39, 0.29) is 11.9 Å². The molecule has 4 aromatic rings. The van der Waals surface area contributed by atoms with Gasteiger partial charge in [-0.15, -0.1) is 0 Å². The first-order valence-electron chi connectivity index (χ1n) is 12.0. The molecule has 1 atom stereocenters. The van der Waals surface area contributed by atoms with Crippen LogP contribution < -0.4 is 5.73 Å². The number of fused-ring (bicyclic) bond motifs is 4. The lowest BCUT2D eigenvalue weighted by Gasteiger charge is -2.28. The van der Waals surface area contributed by atoms with Crippen molar-refractivity contribution in [2.24, 2.45) is 0 Å². The second-order valence-corrected chi connectivity index (χ2v) is 9.15. The van der Waals surface area contributed by atoms with Gasteiger partial charge in [0.1, 0.15) is 24.1 Å². The molecule has 9 nitrogen and oxygen atoms in total. The number of amides is 1. The summed E-state index contributed by atoms with van der Waals surface area (Å²) in [6.07, 6.45) is 8.35. The van der Waals surface area contributed by atoms with E-state index in [1.807, 2.05) is 31.3 Å². The van der Waals surface area contributed by atoms with E-state index in [1.54, 1.807) is 23.4 Å². The molecule has 1 amide bonds. The van der Waals surface area contributed by atoms with Crippen LogP contribution in [0, 0.1) is 0 Å². The van der Waals surface area contributed by atoms with Crippen molar-refractivity contribution in [2.75, 3.05) is 12.3 Å². The highest BCUT2D eigenvalue weighted by atomic mass is 16.5. The lowest BCUT2D eigenvalue weighted by molar-refractivity contribution is 0.0663. The van der Waals surface area contributed by atoms with Crippen molar-refractivity contribution in [1.29, 1.82) is 0 Å². The number of hydrogen-bond acceptors (Lipinski definition) is 7. The van der Waals surface area contributed by atoms with E-state index in [0.717, 1.165) is 53.8 Å². The minimum absolute atomic E-state index is 0.0994. The normalized spacial score (nSPS) is 15.6. The van der Waals surface area contributed by atoms with E-state index in [0.29, 0.717) is 37.0 Å². The van der Waals surface area contributed by atoms with Crippen molar-refractivity contribution in [3.05, 3.63) is 76.9 Å². The summed E-state index contributed by atoms with van der Waals surface area (Å²) >= 11 is 0. The Morgan fingerprint density at radius 2 is 2.03 bits per heavy atom. The van der Waals surface area contributed by atoms with Gasteiger partial charge in [-0.2, -0.15) is 0 Å². The third kappa shape index (κ3) is 3.91. The van der Waals surface area contributed by atoms with Crippen LogP contribution in [-0.2, 0) is 37.3 Å². The number of carbonyl (C=O) groups is 1. The fourth-order valence-electron chi connectivity index (χ4n) is 5.14. The monoisotopic (exact) mass is 469 g/mol. The van der Waals surface area contributed by atoms with Gasteiger partial charge in [0.15, 0.2) is 0 Å². The van der Waals surface area contributed by atoms with Crippen LogP contribution in [0.4, 0.5) is 5.82 Å². The van der Waals surface area contributed by atoms with Crippen LogP contribution in [0.3, 0.4) is 0 Å². The zero-order chi connectivity index (χ0) is 23.9. The molecule has 1 aliphatic carbocycles. The van der Waals surface area contributed by atoms with E-state index in [9.17, 15) is 4.79 Å². The van der Waals surface area contributed by atoms with Crippen molar-refractivity contribution in [3.63, 3.8) is 0 Å². The smallest absolute Gasteiger partial charge is 0.254 e. The maximum Gasteiger partial charge on any atom is 0.254 e. The second kappa shape index (κ2) is 8.74. The summed E-state index contributed by atoms with van der Waals surface area (Å²) in [6.45, 7) is 4.21. The number of carbonyl (C=O) groups excluding carboxylic acids is 1. The number of aromatic nitrogens is 5. The zero-order valence-corrected chi connectivity index (χ0v) is 19.6. The molecule has 1 unspecified atom stereocenters. The SMILES string of the molecule is CC(c1ncccn1)N(Cc1cn2c(n1)COCC2)C(=O)c1ccc2nc(N)c3c(c2c1)CCC3. The molecule has 0 bridgehead atoms. The van der Waals surface area contributed by atoms with Gasteiger partial charge >= 0.3 is 0 Å². The largest absolute Gasteiger partial charge is 0.383 e. The zero-order valence-electron chi connectivity index (χ0n) is 19.6. The predicted molar refractivity (Wildman–Crippen MR) is 130 cm³/mol. The number of hydrogen-bond donors (Lipinski definition) is 1. The molecule has 0 saturated carbocycles. The predicted octanol–water partition coefficient (Wildman–Crippen LogP) is 3.23. The van der Waals surface area contributed by atoms with Crippen molar-refractivity contribution in [3.8, 4) is 0 Å². The maximum atomic E-state index is 14.0. The average Bonchev–Trinajstić information content (AvgIpc) is 3.55. The highest BCUT2D eigenvalue weighted by Gasteiger charge is 2.27. The summed E-state index contributed by atoms with van der Waals surface area (Å²) < 4.78 is 7.63. The molecule has 35 heavy (non-hydrogen) atoms. The van der Waals surface area contributed by atoms with Crippen LogP contribution in [0.5, 0.6) is 0 Å². The molecular weight excluding hydrogens is 442 g/mol. The molecule has 0 radical (unpaired) electrons. The molecule has 0 spiro atoms. The molecule has 2 aliphatic rings. The van der Waals surface area contributed by atoms with E-state index in [1.165, 1.54) is 5.56 Å². The third-order valence-electron chi connectivity index (χ3n) is 6.97. The summed E-state index contributed by atoms with van der Waals surface area (Å²) in [5.41, 5.74) is 10.8. The van der Waals surface area contributed by atoms with Crippen molar-refractivity contribution >= 4 is 22.6 Å². The lowest BCUT2D eigenvalue weighted by atomic mass is 10.0. The van der Waals surface area contributed by atoms with Crippen LogP contribution >= 0.6 is 0 Å². The molecule has 3 aromatic heterocycles. The number of nitrogens with two attached hydrogens (primary N) is 1. The molecule has 4 heterocycles. The Labute approximate surface area is 203 Å². The Morgan fingerprint density at radius 3 is 2.86 bits per heavy atom. The van der Waals surface area contributed by atoms with E-state index >= 15 is 0 Å². The van der Waals surface area contributed by atoms with Gasteiger partial charge < -0.3 is 19.9 Å². The number of nitrogen functional groups attached to an aromatic ring is 1. The molecular formula is C26H27N7O2. The second-order valence-electron chi connectivity index (χ2n) is 9.15. The van der Waals surface area contributed by atoms with Crippen LogP contribution in [0.1, 0.15) is 58.2 Å². The van der Waals surface area contributed by atoms with E-state index in [4.69, 9.17) is 15.5 Å². The molecule has 0 saturated heterocycles. The maximum absolute atomic E-state index is 14.0. The van der Waals surface area contributed by atoms with Crippen LogP contribution in [-0.4, -0.2) is 41.9 Å². The molecule has 0 fully saturated rings. The average molecular weight is 470 g/mol. The van der Waals surface area contributed by atoms with Gasteiger partial charge in [-0.3, -0.25) is 4.79 Å². The van der Waals surface area contributed by atoms with Crippen molar-refractivity contribution in [2.45, 2.75) is 51.9 Å². The molecule has 178 valence electrons. The number of anilines is 1. The van der Waals surface area contributed by atoms with Crippen LogP contribution in [0.25, 0.3) is 10.9 Å². The van der Waals surface area contributed by atoms with E-state index < -0.39 is 0 Å². The fourth-order valence-corrected chi connectivity index (χ4v) is 5.14. The molecule has 1 aromatic carbocycles. The Kier molecular flexibility index (Phi) is 5.41. The minimum Gasteiger partial charge on any atom is -0.383 e. The number of ether oxygens (including phenoxy) is 1. The number of nitrogens with zero attached hydrogens (tertiary/aromatic N) is 6. The Balaban J connectivity index is 1.39. The van der Waals surface area contributed by atoms with Crippen molar-refractivity contribution < 1.29 is 9.53 Å². The number of pyridine rings is 1. The molecule has 9 heteroatoms. The first-order valence-corrected chi connectivity index (χ1v) is 12.0. The highest BCUT2D eigenvalue weighted by molar-refractivity contribution is 5.99. The minimum atomic E-state index is -0.343. The van der Waals surface area contributed by atoms with Crippen LogP contribution in [0.2, 0.25) is 0 Å². The highest BCUT2D eigenvalue weighted by Crippen LogP contribution is 2.33. The summed E-state index contributed by atoms with van der Waals surface area (Å²) in [6, 6.07) is 7.12. The van der Waals surface area contributed by atoms with Gasteiger partial charge in [0.25, 0.3) is 5.91 Å². The topological polar surface area (TPSA) is 112 Å². The van der Waals surface area contributed by atoms with E-state index in [2.05, 4.69) is 19.5 Å². The first-order chi connectivity index (χ1) is 17.1. The summed E-state index contributed by atoms with van der Waals surface area (Å²) in [4.78, 5) is 33.9. The summed E-state index contributed by atoms with van der Waals surface area (Å²) in [7, 11) is 0. The van der Waals surface area contributed by atoms with Gasteiger partial charge in [-0.05, 0) is 61.6 Å². The van der Waals surface area contributed by atoms with Crippen LogP contribution in [0.15, 0.2) is 42.9 Å². The van der Waals surface area contributed by atoms with Crippen molar-refractivity contribution in [1.82, 2.24) is 29.4 Å². The standard InChI is InChI=1S/C26H27N7O2/c1-16(25-28-8-3-9-29-25)33(14-18-13-32-10-11-35-15-23(32)30-18)26(34)17-6-7-22-21(12-17)19-4-2-5-20(19)24(27)31-22/h3,6-9,12-13,16H,2,4-5,10-11,14-15H2,1H3,(H2,27,31). The fraction of sp³-hybridized carbons (Fsp3) is 0.346. The van der Waals surface area contributed by atoms with Gasteiger partial charge in [-0.1, -0.05) is 0 Å². The number of benzene rings is 1. The summed E-state index contributed by atoms with van der Waals surface area (Å²) in [5, 5.41) is 1.01. The number of aryl methyl sites for hydroxylation is 1. The third-order valence-corrected chi connectivity index (χ3v) is 6.97. The number of rotatable bonds is 5. The first kappa shape index (κ1) is 21.7. The Bertz CT molecular complexity index is 1390. The quantitative estimate of drug-likeness (QED) is 0.478. The van der Waals surface area contributed by atoms with Gasteiger partial charge in [0.05, 0.1) is 30.4 Å². The Hall–Kier alpha value is -3.85. The number of imidazole rings is 1.